The van der Waals surface area contributed by atoms with E-state index in [2.05, 4.69) is 147 Å². The van der Waals surface area contributed by atoms with Gasteiger partial charge < -0.3 is 4.57 Å². The minimum Gasteiger partial charge on any atom is -0.309 e. The maximum absolute atomic E-state index is 7.43. The fourth-order valence-corrected chi connectivity index (χ4v) is 7.52. The fourth-order valence-electron chi connectivity index (χ4n) is 7.52. The van der Waals surface area contributed by atoms with Crippen LogP contribution in [-0.4, -0.2) is 19.1 Å². The molecule has 5 heteroatoms. The lowest BCUT2D eigenvalue weighted by Gasteiger charge is -2.13. The Balaban J connectivity index is 1.20. The van der Waals surface area contributed by atoms with E-state index in [1.807, 2.05) is 42.5 Å². The van der Waals surface area contributed by atoms with Gasteiger partial charge in [-0.2, -0.15) is 0 Å². The highest BCUT2D eigenvalue weighted by molar-refractivity contribution is 6.12. The van der Waals surface area contributed by atoms with Crippen LogP contribution in [0.25, 0.3) is 93.7 Å². The first-order valence-corrected chi connectivity index (χ1v) is 17.3. The van der Waals surface area contributed by atoms with Crippen LogP contribution < -0.4 is 0 Å². The Kier molecular flexibility index (Phi) is 6.80. The molecular weight excluding hydrogens is 635 g/mol. The summed E-state index contributed by atoms with van der Waals surface area (Å²) in [4.78, 5) is 13.8. The second-order valence-electron chi connectivity index (χ2n) is 13.0. The molecule has 10 rings (SSSR count). The first kappa shape index (κ1) is 29.6. The number of hydrogen-bond donors (Lipinski definition) is 0. The average molecular weight is 664 g/mol. The summed E-state index contributed by atoms with van der Waals surface area (Å²) in [6.07, 6.45) is 0. The average Bonchev–Trinajstić information content (AvgIpc) is 3.73. The third-order valence-electron chi connectivity index (χ3n) is 9.96. The molecule has 242 valence electrons. The lowest BCUT2D eigenvalue weighted by Crippen LogP contribution is -2.02. The predicted molar refractivity (Wildman–Crippen MR) is 213 cm³/mol. The number of fused-ring (bicyclic) bond motifs is 6. The van der Waals surface area contributed by atoms with E-state index in [1.54, 1.807) is 0 Å². The summed E-state index contributed by atoms with van der Waals surface area (Å²) in [6, 6.07) is 61.1. The van der Waals surface area contributed by atoms with Crippen LogP contribution in [-0.2, 0) is 0 Å². The summed E-state index contributed by atoms with van der Waals surface area (Å²) in [6.45, 7) is 7.43. The normalized spacial score (nSPS) is 11.4. The van der Waals surface area contributed by atoms with Crippen molar-refractivity contribution in [3.05, 3.63) is 187 Å². The standard InChI is InChI=1S/C47H29N5/c1-48-35-24-20-32(21-25-35)47-49-41(31-12-4-2-5-13-31)30-46(50-47)52-43-19-11-8-16-37(43)39-26-22-34(29-45(39)52)33-23-27-44-40(28-33)38-17-9-10-18-42(38)51(44)36-14-6-3-7-15-36/h2-30H. The summed E-state index contributed by atoms with van der Waals surface area (Å²) < 4.78 is 4.61. The van der Waals surface area contributed by atoms with E-state index >= 15 is 0 Å². The van der Waals surface area contributed by atoms with Gasteiger partial charge in [-0.1, -0.05) is 127 Å². The molecule has 7 aromatic carbocycles. The third-order valence-corrected chi connectivity index (χ3v) is 9.96. The third kappa shape index (κ3) is 4.78. The van der Waals surface area contributed by atoms with Crippen LogP contribution >= 0.6 is 0 Å². The molecule has 0 atom stereocenters. The molecule has 0 aliphatic heterocycles. The summed E-state index contributed by atoms with van der Waals surface area (Å²) in [5.41, 5.74) is 11.2. The summed E-state index contributed by atoms with van der Waals surface area (Å²) in [5.74, 6) is 1.39. The van der Waals surface area contributed by atoms with Gasteiger partial charge in [-0.05, 0) is 53.6 Å². The van der Waals surface area contributed by atoms with Crippen molar-refractivity contribution < 1.29 is 0 Å². The number of nitrogens with zero attached hydrogens (tertiary/aromatic N) is 5. The monoisotopic (exact) mass is 663 g/mol. The second kappa shape index (κ2) is 11.9. The molecule has 0 radical (unpaired) electrons. The van der Waals surface area contributed by atoms with Gasteiger partial charge in [-0.15, -0.1) is 0 Å². The number of benzene rings is 7. The summed E-state index contributed by atoms with van der Waals surface area (Å²) in [7, 11) is 0. The van der Waals surface area contributed by atoms with Crippen LogP contribution in [0.15, 0.2) is 176 Å². The molecule has 0 aliphatic rings. The van der Waals surface area contributed by atoms with Gasteiger partial charge >= 0.3 is 0 Å². The maximum Gasteiger partial charge on any atom is 0.187 e. The highest BCUT2D eigenvalue weighted by Crippen LogP contribution is 2.38. The van der Waals surface area contributed by atoms with Crippen molar-refractivity contribution in [1.29, 1.82) is 0 Å². The van der Waals surface area contributed by atoms with Gasteiger partial charge in [0.25, 0.3) is 0 Å². The van der Waals surface area contributed by atoms with Gasteiger partial charge in [0.05, 0.1) is 34.3 Å². The molecule has 0 spiro atoms. The lowest BCUT2D eigenvalue weighted by atomic mass is 10.0. The van der Waals surface area contributed by atoms with Crippen molar-refractivity contribution in [1.82, 2.24) is 19.1 Å². The number of rotatable bonds is 5. The minimum atomic E-state index is 0.584. The minimum absolute atomic E-state index is 0.584. The molecule has 3 aromatic heterocycles. The Bertz CT molecular complexity index is 3000. The maximum atomic E-state index is 7.43. The number of hydrogen-bond acceptors (Lipinski definition) is 2. The highest BCUT2D eigenvalue weighted by atomic mass is 15.1. The van der Waals surface area contributed by atoms with Gasteiger partial charge in [0.2, 0.25) is 0 Å². The Morgan fingerprint density at radius 3 is 1.73 bits per heavy atom. The molecule has 0 aliphatic carbocycles. The molecule has 0 N–H and O–H groups in total. The zero-order chi connectivity index (χ0) is 34.6. The molecule has 10 aromatic rings. The molecule has 0 amide bonds. The Labute approximate surface area is 300 Å². The van der Waals surface area contributed by atoms with Gasteiger partial charge in [0.1, 0.15) is 5.82 Å². The lowest BCUT2D eigenvalue weighted by molar-refractivity contribution is 1.05. The quantitative estimate of drug-likeness (QED) is 0.172. The molecule has 5 nitrogen and oxygen atoms in total. The van der Waals surface area contributed by atoms with Gasteiger partial charge in [-0.25, -0.2) is 14.8 Å². The summed E-state index contributed by atoms with van der Waals surface area (Å²) in [5, 5.41) is 4.76. The Hall–Kier alpha value is -7.29. The van der Waals surface area contributed by atoms with E-state index in [1.165, 1.54) is 21.8 Å². The van der Waals surface area contributed by atoms with Crippen LogP contribution in [0.4, 0.5) is 5.69 Å². The molecule has 0 fully saturated rings. The zero-order valence-electron chi connectivity index (χ0n) is 28.0. The van der Waals surface area contributed by atoms with Crippen molar-refractivity contribution in [3.8, 4) is 45.3 Å². The largest absolute Gasteiger partial charge is 0.309 e. The van der Waals surface area contributed by atoms with E-state index in [0.717, 1.165) is 61.3 Å². The Morgan fingerprint density at radius 2 is 0.981 bits per heavy atom. The highest BCUT2D eigenvalue weighted by Gasteiger charge is 2.18. The fraction of sp³-hybridized carbons (Fsp3) is 0. The van der Waals surface area contributed by atoms with Gasteiger partial charge in [0, 0.05) is 44.4 Å². The van der Waals surface area contributed by atoms with E-state index < -0.39 is 0 Å². The molecule has 0 unspecified atom stereocenters. The predicted octanol–water partition coefficient (Wildman–Crippen LogP) is 12.2. The molecule has 0 bridgehead atoms. The van der Waals surface area contributed by atoms with Gasteiger partial charge in [-0.3, -0.25) is 4.57 Å². The van der Waals surface area contributed by atoms with Crippen molar-refractivity contribution >= 4 is 49.3 Å². The SMILES string of the molecule is [C-]#[N+]c1ccc(-c2nc(-c3ccccc3)cc(-n3c4ccccc4c4ccc(-c5ccc6c(c5)c5ccccc5n6-c5ccccc5)cc43)n2)cc1. The smallest absolute Gasteiger partial charge is 0.187 e. The van der Waals surface area contributed by atoms with E-state index in [4.69, 9.17) is 16.5 Å². The van der Waals surface area contributed by atoms with Crippen molar-refractivity contribution in [2.75, 3.05) is 0 Å². The molecule has 0 saturated heterocycles. The molecule has 3 heterocycles. The van der Waals surface area contributed by atoms with Crippen LogP contribution in [0, 0.1) is 6.57 Å². The van der Waals surface area contributed by atoms with E-state index in [9.17, 15) is 0 Å². The van der Waals surface area contributed by atoms with Crippen LogP contribution in [0.2, 0.25) is 0 Å². The summed E-state index contributed by atoms with van der Waals surface area (Å²) >= 11 is 0. The van der Waals surface area contributed by atoms with Crippen molar-refractivity contribution in [2.24, 2.45) is 0 Å². The number of aromatic nitrogens is 4. The molecular formula is C47H29N5. The van der Waals surface area contributed by atoms with Gasteiger partial charge in [0.15, 0.2) is 11.5 Å². The zero-order valence-corrected chi connectivity index (χ0v) is 28.0. The van der Waals surface area contributed by atoms with E-state index in [0.29, 0.717) is 11.5 Å². The van der Waals surface area contributed by atoms with E-state index in [-0.39, 0.29) is 0 Å². The first-order valence-electron chi connectivity index (χ1n) is 17.3. The number of para-hydroxylation sites is 3. The first-order chi connectivity index (χ1) is 25.7. The van der Waals surface area contributed by atoms with Crippen molar-refractivity contribution in [3.63, 3.8) is 0 Å². The molecule has 52 heavy (non-hydrogen) atoms. The second-order valence-corrected chi connectivity index (χ2v) is 13.0. The Morgan fingerprint density at radius 1 is 0.404 bits per heavy atom. The van der Waals surface area contributed by atoms with Crippen LogP contribution in [0.1, 0.15) is 0 Å². The van der Waals surface area contributed by atoms with Crippen molar-refractivity contribution in [2.45, 2.75) is 0 Å². The van der Waals surface area contributed by atoms with Crippen LogP contribution in [0.5, 0.6) is 0 Å². The molecule has 0 saturated carbocycles. The van der Waals surface area contributed by atoms with Crippen LogP contribution in [0.3, 0.4) is 0 Å². The topological polar surface area (TPSA) is 40.0 Å².